The maximum Gasteiger partial charge on any atom is 0.490 e. The number of halogens is 3. The van der Waals surface area contributed by atoms with Crippen LogP contribution in [0.2, 0.25) is 0 Å². The van der Waals surface area contributed by atoms with E-state index in [4.69, 9.17) is 9.90 Å². The third kappa shape index (κ3) is 11.9. The van der Waals surface area contributed by atoms with Crippen LogP contribution in [0.5, 0.6) is 0 Å². The maximum atomic E-state index is 13.0. The zero-order chi connectivity index (χ0) is 32.9. The second kappa shape index (κ2) is 16.2. The Balaban J connectivity index is 0.000000860. The minimum absolute atomic E-state index is 0.200. The molecule has 0 radical (unpaired) electrons. The zero-order valence-corrected chi connectivity index (χ0v) is 24.6. The van der Waals surface area contributed by atoms with Gasteiger partial charge in [0.05, 0.1) is 0 Å². The second-order valence-electron chi connectivity index (χ2n) is 11.0. The maximum absolute atomic E-state index is 13.0. The number of carboxylic acids is 2. The van der Waals surface area contributed by atoms with Gasteiger partial charge in [0.15, 0.2) is 0 Å². The predicted molar refractivity (Wildman–Crippen MR) is 159 cm³/mol. The molecule has 3 rings (SSSR count). The highest BCUT2D eigenvalue weighted by atomic mass is 19.4. The number of benzene rings is 2. The van der Waals surface area contributed by atoms with Crippen molar-refractivity contribution in [2.24, 2.45) is 11.3 Å². The number of carbonyl (C=O) groups excluding carboxylic acids is 2. The molecule has 1 aromatic heterocycles. The van der Waals surface area contributed by atoms with E-state index in [1.165, 1.54) is 0 Å². The van der Waals surface area contributed by atoms with Gasteiger partial charge in [0.25, 0.3) is 0 Å². The van der Waals surface area contributed by atoms with Gasteiger partial charge in [-0.1, -0.05) is 81.8 Å². The molecular weight excluding hydrogens is 579 g/mol. The third-order valence-corrected chi connectivity index (χ3v) is 6.49. The fourth-order valence-corrected chi connectivity index (χ4v) is 4.11. The minimum atomic E-state index is -5.08. The Morgan fingerprint density at radius 2 is 1.34 bits per heavy atom. The summed E-state index contributed by atoms with van der Waals surface area (Å²) in [7, 11) is 0. The van der Waals surface area contributed by atoms with Gasteiger partial charge < -0.3 is 20.8 Å². The number of nitrogens with zero attached hydrogens (tertiary/aromatic N) is 1. The average molecular weight is 616 g/mol. The van der Waals surface area contributed by atoms with Crippen molar-refractivity contribution in [3.63, 3.8) is 0 Å². The van der Waals surface area contributed by atoms with Gasteiger partial charge in [-0.15, -0.1) is 0 Å². The van der Waals surface area contributed by atoms with Gasteiger partial charge in [0.1, 0.15) is 12.0 Å². The third-order valence-electron chi connectivity index (χ3n) is 6.49. The molecular formula is C32H36F3N3O6. The van der Waals surface area contributed by atoms with E-state index in [9.17, 15) is 32.7 Å². The topological polar surface area (TPSA) is 146 Å². The van der Waals surface area contributed by atoms with Crippen LogP contribution in [0.3, 0.4) is 0 Å². The smallest absolute Gasteiger partial charge is 0.481 e. The molecule has 0 spiro atoms. The van der Waals surface area contributed by atoms with Gasteiger partial charge in [-0.25, -0.2) is 4.79 Å². The molecule has 0 aliphatic carbocycles. The van der Waals surface area contributed by atoms with Crippen LogP contribution in [-0.2, 0) is 25.6 Å². The quantitative estimate of drug-likeness (QED) is 0.154. The fraction of sp³-hybridized carbons (Fsp3) is 0.344. The number of carbonyl (C=O) groups is 4. The van der Waals surface area contributed by atoms with E-state index in [0.717, 1.165) is 29.5 Å². The minimum Gasteiger partial charge on any atom is -0.481 e. The Labute approximate surface area is 253 Å². The average Bonchev–Trinajstić information content (AvgIpc) is 2.96. The summed E-state index contributed by atoms with van der Waals surface area (Å²) in [6, 6.07) is 20.9. The lowest BCUT2D eigenvalue weighted by molar-refractivity contribution is -0.192. The van der Waals surface area contributed by atoms with Crippen LogP contribution in [0.4, 0.5) is 18.9 Å². The summed E-state index contributed by atoms with van der Waals surface area (Å²) in [5.41, 5.74) is 3.40. The van der Waals surface area contributed by atoms with Crippen LogP contribution in [0.25, 0.3) is 11.1 Å². The number of hydrogen-bond acceptors (Lipinski definition) is 5. The molecule has 1 heterocycles. The lowest BCUT2D eigenvalue weighted by atomic mass is 9.85. The molecule has 0 saturated heterocycles. The first-order valence-electron chi connectivity index (χ1n) is 13.8. The second-order valence-corrected chi connectivity index (χ2v) is 11.0. The number of pyridine rings is 1. The Morgan fingerprint density at radius 1 is 0.795 bits per heavy atom. The summed E-state index contributed by atoms with van der Waals surface area (Å²) < 4.78 is 31.7. The van der Waals surface area contributed by atoms with Crippen molar-refractivity contribution in [3.8, 4) is 11.1 Å². The van der Waals surface area contributed by atoms with Gasteiger partial charge in [-0.05, 0) is 53.5 Å². The molecule has 4 N–H and O–H groups in total. The fourth-order valence-electron chi connectivity index (χ4n) is 4.11. The van der Waals surface area contributed by atoms with E-state index in [0.29, 0.717) is 12.1 Å². The van der Waals surface area contributed by atoms with Crippen molar-refractivity contribution in [3.05, 3.63) is 84.7 Å². The van der Waals surface area contributed by atoms with Crippen LogP contribution in [-0.4, -0.2) is 51.2 Å². The predicted octanol–water partition coefficient (Wildman–Crippen LogP) is 5.97. The van der Waals surface area contributed by atoms with Gasteiger partial charge in [-0.2, -0.15) is 13.2 Å². The SMILES string of the molecule is CC(C)(C)C(NC(=O)C(CCCCc1ccc(-c2ccccc2)cc1)C(=O)O)C(=O)Nc1ccncc1.O=C(O)C(F)(F)F. The van der Waals surface area contributed by atoms with Crippen molar-refractivity contribution >= 4 is 29.4 Å². The molecule has 0 fully saturated rings. The van der Waals surface area contributed by atoms with Gasteiger partial charge in [-0.3, -0.25) is 19.4 Å². The van der Waals surface area contributed by atoms with Gasteiger partial charge >= 0.3 is 18.1 Å². The molecule has 0 aliphatic rings. The molecule has 2 atom stereocenters. The van der Waals surface area contributed by atoms with Crippen molar-refractivity contribution in [2.75, 3.05) is 5.32 Å². The molecule has 2 unspecified atom stereocenters. The Bertz CT molecular complexity index is 1380. The first kappa shape index (κ1) is 35.5. The number of rotatable bonds is 11. The Morgan fingerprint density at radius 3 is 1.84 bits per heavy atom. The Kier molecular flexibility index (Phi) is 13.1. The molecule has 0 aliphatic heterocycles. The number of aliphatic carboxylic acids is 2. The summed E-state index contributed by atoms with van der Waals surface area (Å²) in [5.74, 6) is -6.22. The summed E-state index contributed by atoms with van der Waals surface area (Å²) in [6.07, 6.45) is 0.353. The number of anilines is 1. The zero-order valence-electron chi connectivity index (χ0n) is 24.6. The van der Waals surface area contributed by atoms with Crippen LogP contribution < -0.4 is 10.6 Å². The van der Waals surface area contributed by atoms with Crippen LogP contribution >= 0.6 is 0 Å². The highest BCUT2D eigenvalue weighted by Crippen LogP contribution is 2.23. The van der Waals surface area contributed by atoms with E-state index in [2.05, 4.69) is 52.0 Å². The van der Waals surface area contributed by atoms with Crippen LogP contribution in [0.15, 0.2) is 79.1 Å². The molecule has 0 bridgehead atoms. The number of aromatic nitrogens is 1. The molecule has 12 heteroatoms. The number of amides is 2. The van der Waals surface area contributed by atoms with Crippen molar-refractivity contribution in [2.45, 2.75) is 58.7 Å². The van der Waals surface area contributed by atoms with Gasteiger partial charge in [0.2, 0.25) is 11.8 Å². The highest BCUT2D eigenvalue weighted by molar-refractivity contribution is 6.01. The van der Waals surface area contributed by atoms with E-state index in [1.54, 1.807) is 24.5 Å². The molecule has 2 aromatic carbocycles. The molecule has 2 amide bonds. The summed E-state index contributed by atoms with van der Waals surface area (Å²) in [5, 5.41) is 22.3. The monoisotopic (exact) mass is 615 g/mol. The Hall–Kier alpha value is -4.74. The standard InChI is InChI=1S/C30H35N3O4.C2HF3O2/c1-30(2,3)26(28(35)32-24-17-19-31-20-18-24)33-27(34)25(29(36)37)12-8-7-9-21-13-15-23(16-14-21)22-10-5-4-6-11-22;3-2(4,5)1(6)7/h4-6,10-11,13-20,25-26H,7-9,12H2,1-3H3,(H,33,34)(H,36,37)(H,31,32,35);(H,6,7). The van der Waals surface area contributed by atoms with Crippen LogP contribution in [0.1, 0.15) is 45.6 Å². The van der Waals surface area contributed by atoms with E-state index in [1.807, 2.05) is 39.0 Å². The number of aryl methyl sites for hydroxylation is 1. The van der Waals surface area contributed by atoms with Gasteiger partial charge in [0, 0.05) is 18.1 Å². The first-order valence-corrected chi connectivity index (χ1v) is 13.8. The molecule has 236 valence electrons. The van der Waals surface area contributed by atoms with Crippen molar-refractivity contribution in [1.29, 1.82) is 0 Å². The summed E-state index contributed by atoms with van der Waals surface area (Å²) >= 11 is 0. The highest BCUT2D eigenvalue weighted by Gasteiger charge is 2.38. The summed E-state index contributed by atoms with van der Waals surface area (Å²) in [6.45, 7) is 5.47. The number of unbranched alkanes of at least 4 members (excludes halogenated alkanes) is 1. The number of hydrogen-bond donors (Lipinski definition) is 4. The first-order chi connectivity index (χ1) is 20.6. The summed E-state index contributed by atoms with van der Waals surface area (Å²) in [4.78, 5) is 50.6. The lowest BCUT2D eigenvalue weighted by Crippen LogP contribution is -2.53. The normalized spacial score (nSPS) is 12.6. The van der Waals surface area contributed by atoms with Crippen molar-refractivity contribution < 1.29 is 42.6 Å². The molecule has 3 aromatic rings. The van der Waals surface area contributed by atoms with E-state index >= 15 is 0 Å². The number of nitrogens with one attached hydrogen (secondary N) is 2. The molecule has 9 nitrogen and oxygen atoms in total. The lowest BCUT2D eigenvalue weighted by Gasteiger charge is -2.31. The molecule has 44 heavy (non-hydrogen) atoms. The number of carboxylic acid groups (broad SMARTS) is 2. The largest absolute Gasteiger partial charge is 0.490 e. The van der Waals surface area contributed by atoms with Crippen molar-refractivity contribution in [1.82, 2.24) is 10.3 Å². The van der Waals surface area contributed by atoms with E-state index < -0.39 is 47.3 Å². The molecule has 0 saturated carbocycles. The van der Waals surface area contributed by atoms with E-state index in [-0.39, 0.29) is 6.42 Å². The van der Waals surface area contributed by atoms with Crippen LogP contribution in [0, 0.1) is 11.3 Å². The number of alkyl halides is 3.